The summed E-state index contributed by atoms with van der Waals surface area (Å²) in [7, 11) is -3.29. The number of benzene rings is 2. The fraction of sp³-hybridized carbons (Fsp3) is 0.381. The van der Waals surface area contributed by atoms with Crippen LogP contribution in [0.4, 0.5) is 0 Å². The van der Waals surface area contributed by atoms with Crippen LogP contribution >= 0.6 is 0 Å². The van der Waals surface area contributed by atoms with Crippen molar-refractivity contribution < 1.29 is 22.7 Å². The molecule has 6 nitrogen and oxygen atoms in total. The van der Waals surface area contributed by atoms with Gasteiger partial charge in [0.05, 0.1) is 24.2 Å². The van der Waals surface area contributed by atoms with Crippen LogP contribution in [0.15, 0.2) is 47.4 Å². The lowest BCUT2D eigenvalue weighted by Gasteiger charge is -2.24. The maximum Gasteiger partial charge on any atom is 0.251 e. The number of nitrogens with one attached hydrogen (secondary N) is 1. The summed E-state index contributed by atoms with van der Waals surface area (Å²) in [5, 5.41) is 3.04. The van der Waals surface area contributed by atoms with Gasteiger partial charge in [0.25, 0.3) is 5.91 Å². The molecule has 0 radical (unpaired) electrons. The maximum atomic E-state index is 12.7. The first-order valence-corrected chi connectivity index (χ1v) is 11.2. The molecule has 150 valence electrons. The summed E-state index contributed by atoms with van der Waals surface area (Å²) < 4.78 is 34.6. The van der Waals surface area contributed by atoms with E-state index in [0.29, 0.717) is 30.3 Å². The van der Waals surface area contributed by atoms with Gasteiger partial charge in [-0.05, 0) is 47.9 Å². The van der Waals surface area contributed by atoms with Crippen LogP contribution in [0.1, 0.15) is 42.2 Å². The Labute approximate surface area is 165 Å². The van der Waals surface area contributed by atoms with Gasteiger partial charge in [0.2, 0.25) is 0 Å². The Morgan fingerprint density at radius 1 is 1.00 bits per heavy atom. The predicted molar refractivity (Wildman–Crippen MR) is 107 cm³/mol. The second kappa shape index (κ2) is 8.22. The molecule has 1 heterocycles. The summed E-state index contributed by atoms with van der Waals surface area (Å²) >= 11 is 0. The number of fused-ring (bicyclic) bond motifs is 1. The lowest BCUT2D eigenvalue weighted by Crippen LogP contribution is -2.31. The predicted octanol–water partition coefficient (Wildman–Crippen LogP) is 3.38. The van der Waals surface area contributed by atoms with E-state index >= 15 is 0 Å². The van der Waals surface area contributed by atoms with E-state index in [-0.39, 0.29) is 22.8 Å². The zero-order valence-electron chi connectivity index (χ0n) is 16.3. The molecule has 0 fully saturated rings. The van der Waals surface area contributed by atoms with Gasteiger partial charge in [-0.15, -0.1) is 0 Å². The number of amides is 1. The topological polar surface area (TPSA) is 81.7 Å². The molecular formula is C21H25NO5S. The van der Waals surface area contributed by atoms with Crippen molar-refractivity contribution in [1.82, 2.24) is 5.32 Å². The Bertz CT molecular complexity index is 951. The molecule has 1 atom stereocenters. The van der Waals surface area contributed by atoms with Crippen LogP contribution in [0.5, 0.6) is 11.5 Å². The number of ether oxygens (including phenoxy) is 2. The number of rotatable bonds is 5. The maximum absolute atomic E-state index is 12.7. The second-order valence-corrected chi connectivity index (χ2v) is 9.26. The quantitative estimate of drug-likeness (QED) is 0.828. The average molecular weight is 404 g/mol. The lowest BCUT2D eigenvalue weighted by atomic mass is 9.95. The van der Waals surface area contributed by atoms with Crippen molar-refractivity contribution in [1.29, 1.82) is 0 Å². The third-order valence-electron chi connectivity index (χ3n) is 4.63. The molecule has 1 amide bonds. The third-order valence-corrected chi connectivity index (χ3v) is 5.76. The van der Waals surface area contributed by atoms with Crippen molar-refractivity contribution >= 4 is 15.7 Å². The van der Waals surface area contributed by atoms with E-state index in [9.17, 15) is 13.2 Å². The first kappa shape index (κ1) is 20.2. The molecule has 2 aromatic carbocycles. The normalized spacial score (nSPS) is 15.0. The van der Waals surface area contributed by atoms with Crippen LogP contribution in [0.3, 0.4) is 0 Å². The Morgan fingerprint density at radius 3 is 2.25 bits per heavy atom. The van der Waals surface area contributed by atoms with Gasteiger partial charge in [0.1, 0.15) is 0 Å². The fourth-order valence-corrected chi connectivity index (χ4v) is 3.72. The van der Waals surface area contributed by atoms with Crippen LogP contribution in [-0.2, 0) is 9.84 Å². The van der Waals surface area contributed by atoms with Gasteiger partial charge in [-0.3, -0.25) is 4.79 Å². The van der Waals surface area contributed by atoms with Gasteiger partial charge in [-0.25, -0.2) is 8.42 Å². The number of hydrogen-bond donors (Lipinski definition) is 1. The summed E-state index contributed by atoms with van der Waals surface area (Å²) in [6.45, 7) is 5.28. The van der Waals surface area contributed by atoms with Crippen LogP contribution < -0.4 is 14.8 Å². The summed E-state index contributed by atoms with van der Waals surface area (Å²) in [5.41, 5.74) is 1.34. The Balaban J connectivity index is 1.81. The molecule has 1 aliphatic rings. The van der Waals surface area contributed by atoms with E-state index in [1.165, 1.54) is 24.3 Å². The van der Waals surface area contributed by atoms with Gasteiger partial charge < -0.3 is 14.8 Å². The zero-order valence-corrected chi connectivity index (χ0v) is 17.1. The van der Waals surface area contributed by atoms with Crippen molar-refractivity contribution in [3.05, 3.63) is 53.6 Å². The molecule has 2 aromatic rings. The van der Waals surface area contributed by atoms with Crippen LogP contribution in [-0.4, -0.2) is 33.8 Å². The van der Waals surface area contributed by atoms with Gasteiger partial charge in [-0.2, -0.15) is 0 Å². The number of sulfone groups is 1. The van der Waals surface area contributed by atoms with Gasteiger partial charge >= 0.3 is 0 Å². The van der Waals surface area contributed by atoms with Crippen LogP contribution in [0.2, 0.25) is 0 Å². The smallest absolute Gasteiger partial charge is 0.251 e. The van der Waals surface area contributed by atoms with E-state index in [1.807, 2.05) is 32.0 Å². The molecular weight excluding hydrogens is 378 g/mol. The minimum absolute atomic E-state index is 0.143. The molecule has 1 N–H and O–H groups in total. The molecule has 0 bridgehead atoms. The first-order chi connectivity index (χ1) is 13.3. The fourth-order valence-electron chi connectivity index (χ4n) is 3.09. The van der Waals surface area contributed by atoms with Crippen molar-refractivity contribution in [2.45, 2.75) is 31.2 Å². The van der Waals surface area contributed by atoms with Gasteiger partial charge in [-0.1, -0.05) is 19.9 Å². The minimum atomic E-state index is -3.29. The summed E-state index contributed by atoms with van der Waals surface area (Å²) in [6, 6.07) is 11.4. The Kier molecular flexibility index (Phi) is 5.93. The SMILES string of the molecule is CC(C)[C@H](NC(=O)c1ccc(S(C)(=O)=O)cc1)c1ccc2c(c1)OCCCO2. The molecule has 7 heteroatoms. The van der Waals surface area contributed by atoms with E-state index in [2.05, 4.69) is 5.32 Å². The van der Waals surface area contributed by atoms with E-state index in [4.69, 9.17) is 9.47 Å². The Morgan fingerprint density at radius 2 is 1.64 bits per heavy atom. The van der Waals surface area contributed by atoms with Crippen molar-refractivity contribution in [3.8, 4) is 11.5 Å². The molecule has 28 heavy (non-hydrogen) atoms. The lowest BCUT2D eigenvalue weighted by molar-refractivity contribution is 0.0925. The standard InChI is InChI=1S/C21H25NO5S/c1-14(2)20(16-7-10-18-19(13-16)27-12-4-11-26-18)22-21(23)15-5-8-17(9-6-15)28(3,24)25/h5-10,13-14,20H,4,11-12H2,1-3H3,(H,22,23)/t20-/m0/s1. The molecule has 3 rings (SSSR count). The van der Waals surface area contributed by atoms with Gasteiger partial charge in [0.15, 0.2) is 21.3 Å². The highest BCUT2D eigenvalue weighted by atomic mass is 32.2. The summed E-state index contributed by atoms with van der Waals surface area (Å²) in [5.74, 6) is 1.29. The molecule has 0 spiro atoms. The summed E-state index contributed by atoms with van der Waals surface area (Å²) in [6.07, 6.45) is 1.97. The number of hydrogen-bond acceptors (Lipinski definition) is 5. The van der Waals surface area contributed by atoms with Crippen LogP contribution in [0.25, 0.3) is 0 Å². The average Bonchev–Trinajstić information content (AvgIpc) is 2.89. The van der Waals surface area contributed by atoms with Crippen molar-refractivity contribution in [2.24, 2.45) is 5.92 Å². The van der Waals surface area contributed by atoms with Crippen molar-refractivity contribution in [2.75, 3.05) is 19.5 Å². The molecule has 0 saturated heterocycles. The highest BCUT2D eigenvalue weighted by Gasteiger charge is 2.22. The molecule has 0 unspecified atom stereocenters. The number of carbonyl (C=O) groups excluding carboxylic acids is 1. The van der Waals surface area contributed by atoms with E-state index in [1.54, 1.807) is 0 Å². The molecule has 0 saturated carbocycles. The molecule has 0 aromatic heterocycles. The van der Waals surface area contributed by atoms with Gasteiger partial charge in [0, 0.05) is 18.2 Å². The highest BCUT2D eigenvalue weighted by Crippen LogP contribution is 2.34. The monoisotopic (exact) mass is 403 g/mol. The largest absolute Gasteiger partial charge is 0.490 e. The zero-order chi connectivity index (χ0) is 20.3. The molecule has 1 aliphatic heterocycles. The minimum Gasteiger partial charge on any atom is -0.490 e. The highest BCUT2D eigenvalue weighted by molar-refractivity contribution is 7.90. The summed E-state index contributed by atoms with van der Waals surface area (Å²) in [4.78, 5) is 12.9. The first-order valence-electron chi connectivity index (χ1n) is 9.26. The van der Waals surface area contributed by atoms with Crippen LogP contribution in [0, 0.1) is 5.92 Å². The van der Waals surface area contributed by atoms with E-state index < -0.39 is 9.84 Å². The number of carbonyl (C=O) groups is 1. The van der Waals surface area contributed by atoms with E-state index in [0.717, 1.165) is 18.2 Å². The third kappa shape index (κ3) is 4.65. The second-order valence-electron chi connectivity index (χ2n) is 7.25. The molecule has 0 aliphatic carbocycles. The van der Waals surface area contributed by atoms with Crippen molar-refractivity contribution in [3.63, 3.8) is 0 Å². The Hall–Kier alpha value is -2.54.